The lowest BCUT2D eigenvalue weighted by atomic mass is 10.1. The van der Waals surface area contributed by atoms with Crippen LogP contribution in [-0.4, -0.2) is 22.2 Å². The van der Waals surface area contributed by atoms with Gasteiger partial charge in [-0.3, -0.25) is 4.79 Å². The molecule has 5 heteroatoms. The van der Waals surface area contributed by atoms with Crippen molar-refractivity contribution < 1.29 is 4.79 Å². The molecule has 150 valence electrons. The van der Waals surface area contributed by atoms with Crippen molar-refractivity contribution in [3.05, 3.63) is 115 Å². The Hall–Kier alpha value is -3.31. The van der Waals surface area contributed by atoms with Gasteiger partial charge in [-0.15, -0.1) is 11.8 Å². The van der Waals surface area contributed by atoms with Gasteiger partial charge in [-0.25, -0.2) is 4.68 Å². The predicted molar refractivity (Wildman–Crippen MR) is 122 cm³/mol. The van der Waals surface area contributed by atoms with Crippen molar-refractivity contribution in [2.24, 2.45) is 0 Å². The molecule has 0 aliphatic heterocycles. The average Bonchev–Trinajstić information content (AvgIpc) is 3.34. The molecule has 4 aromatic rings. The number of nitrogens with one attached hydrogen (secondary N) is 1. The lowest BCUT2D eigenvalue weighted by Crippen LogP contribution is -2.29. The number of hydrogen-bond acceptors (Lipinski definition) is 3. The van der Waals surface area contributed by atoms with E-state index < -0.39 is 0 Å². The van der Waals surface area contributed by atoms with Gasteiger partial charge >= 0.3 is 0 Å². The average molecular weight is 414 g/mol. The number of thioether (sulfide) groups is 1. The number of amides is 1. The summed E-state index contributed by atoms with van der Waals surface area (Å²) in [6.07, 6.45) is 4.46. The largest absolute Gasteiger partial charge is 0.355 e. The third-order valence-corrected chi connectivity index (χ3v) is 6.02. The van der Waals surface area contributed by atoms with Crippen molar-refractivity contribution in [2.45, 2.75) is 16.6 Å². The standard InChI is InChI=1S/C25H23N3OS/c29-25(24(21-8-3-1-4-9-21)30-23-10-5-2-6-11-23)26-18-16-20-12-14-22(15-13-20)28-19-7-17-27-28/h1-15,17,19,24H,16,18H2,(H,26,29). The Morgan fingerprint density at radius 2 is 1.60 bits per heavy atom. The van der Waals surface area contributed by atoms with Crippen LogP contribution in [-0.2, 0) is 11.2 Å². The molecule has 1 aromatic heterocycles. The van der Waals surface area contributed by atoms with Crippen molar-refractivity contribution in [1.29, 1.82) is 0 Å². The van der Waals surface area contributed by atoms with Crippen LogP contribution in [0.2, 0.25) is 0 Å². The molecule has 4 nitrogen and oxygen atoms in total. The summed E-state index contributed by atoms with van der Waals surface area (Å²) in [6.45, 7) is 0.596. The second-order valence-electron chi connectivity index (χ2n) is 6.88. The topological polar surface area (TPSA) is 46.9 Å². The van der Waals surface area contributed by atoms with Gasteiger partial charge in [0, 0.05) is 23.8 Å². The summed E-state index contributed by atoms with van der Waals surface area (Å²) >= 11 is 1.57. The first-order valence-electron chi connectivity index (χ1n) is 9.93. The number of carbonyl (C=O) groups excluding carboxylic acids is 1. The van der Waals surface area contributed by atoms with Gasteiger partial charge in [-0.2, -0.15) is 5.10 Å². The summed E-state index contributed by atoms with van der Waals surface area (Å²) < 4.78 is 1.83. The molecular formula is C25H23N3OS. The Kier molecular flexibility index (Phi) is 6.62. The quantitative estimate of drug-likeness (QED) is 0.411. The molecule has 0 aliphatic carbocycles. The minimum absolute atomic E-state index is 0.0308. The highest BCUT2D eigenvalue weighted by Crippen LogP contribution is 2.35. The van der Waals surface area contributed by atoms with Gasteiger partial charge in [0.05, 0.1) is 5.69 Å². The number of nitrogens with zero attached hydrogens (tertiary/aromatic N) is 2. The second-order valence-corrected chi connectivity index (χ2v) is 8.06. The normalized spacial score (nSPS) is 11.7. The van der Waals surface area contributed by atoms with E-state index in [2.05, 4.69) is 22.5 Å². The molecule has 0 saturated heterocycles. The maximum atomic E-state index is 13.0. The first-order chi connectivity index (χ1) is 14.8. The molecule has 0 spiro atoms. The number of hydrogen-bond donors (Lipinski definition) is 1. The zero-order chi connectivity index (χ0) is 20.6. The molecule has 1 heterocycles. The van der Waals surface area contributed by atoms with Crippen LogP contribution in [0.1, 0.15) is 16.4 Å². The molecule has 1 unspecified atom stereocenters. The van der Waals surface area contributed by atoms with E-state index in [4.69, 9.17) is 0 Å². The summed E-state index contributed by atoms with van der Waals surface area (Å²) in [5.41, 5.74) is 3.21. The predicted octanol–water partition coefficient (Wildman–Crippen LogP) is 5.06. The van der Waals surface area contributed by atoms with Crippen LogP contribution >= 0.6 is 11.8 Å². The van der Waals surface area contributed by atoms with E-state index in [1.807, 2.05) is 89.7 Å². The highest BCUT2D eigenvalue weighted by atomic mass is 32.2. The molecule has 0 saturated carbocycles. The van der Waals surface area contributed by atoms with E-state index in [0.717, 1.165) is 22.6 Å². The van der Waals surface area contributed by atoms with Gasteiger partial charge in [0.25, 0.3) is 0 Å². The maximum Gasteiger partial charge on any atom is 0.238 e. The SMILES string of the molecule is O=C(NCCc1ccc(-n2cccn2)cc1)C(Sc1ccccc1)c1ccccc1. The molecule has 0 aliphatic rings. The summed E-state index contributed by atoms with van der Waals surface area (Å²) in [5.74, 6) is 0.0308. The third kappa shape index (κ3) is 5.19. The van der Waals surface area contributed by atoms with Crippen LogP contribution < -0.4 is 5.32 Å². The van der Waals surface area contributed by atoms with Crippen molar-refractivity contribution in [1.82, 2.24) is 15.1 Å². The molecule has 0 radical (unpaired) electrons. The van der Waals surface area contributed by atoms with Crippen LogP contribution in [0.5, 0.6) is 0 Å². The molecule has 30 heavy (non-hydrogen) atoms. The van der Waals surface area contributed by atoms with Crippen molar-refractivity contribution in [3.8, 4) is 5.69 Å². The lowest BCUT2D eigenvalue weighted by Gasteiger charge is -2.17. The van der Waals surface area contributed by atoms with Gasteiger partial charge in [0.2, 0.25) is 5.91 Å². The minimum Gasteiger partial charge on any atom is -0.355 e. The smallest absolute Gasteiger partial charge is 0.238 e. The third-order valence-electron chi connectivity index (χ3n) is 4.76. The maximum absolute atomic E-state index is 13.0. The van der Waals surface area contributed by atoms with E-state index in [9.17, 15) is 4.79 Å². The van der Waals surface area contributed by atoms with Gasteiger partial charge in [-0.05, 0) is 47.9 Å². The Bertz CT molecular complexity index is 1050. The van der Waals surface area contributed by atoms with Gasteiger partial charge < -0.3 is 5.32 Å². The fourth-order valence-electron chi connectivity index (χ4n) is 3.20. The van der Waals surface area contributed by atoms with Crippen molar-refractivity contribution in [2.75, 3.05) is 6.54 Å². The second kappa shape index (κ2) is 9.94. The summed E-state index contributed by atoms with van der Waals surface area (Å²) in [4.78, 5) is 14.1. The van der Waals surface area contributed by atoms with Crippen molar-refractivity contribution >= 4 is 17.7 Å². The van der Waals surface area contributed by atoms with Crippen molar-refractivity contribution in [3.63, 3.8) is 0 Å². The molecule has 1 amide bonds. The molecule has 4 rings (SSSR count). The summed E-state index contributed by atoms with van der Waals surface area (Å²) in [6, 6.07) is 30.1. The van der Waals surface area contributed by atoms with Gasteiger partial charge in [0.1, 0.15) is 5.25 Å². The van der Waals surface area contributed by atoms with Crippen LogP contribution in [0.15, 0.2) is 108 Å². The molecule has 1 N–H and O–H groups in total. The fourth-order valence-corrected chi connectivity index (χ4v) is 4.27. The summed E-state index contributed by atoms with van der Waals surface area (Å²) in [7, 11) is 0. The highest BCUT2D eigenvalue weighted by molar-refractivity contribution is 8.00. The fraction of sp³-hybridized carbons (Fsp3) is 0.120. The van der Waals surface area contributed by atoms with E-state index >= 15 is 0 Å². The summed E-state index contributed by atoms with van der Waals surface area (Å²) in [5, 5.41) is 7.07. The Labute approximate surface area is 181 Å². The first-order valence-corrected chi connectivity index (χ1v) is 10.8. The molecule has 0 fully saturated rings. The molecule has 3 aromatic carbocycles. The molecule has 1 atom stereocenters. The van der Waals surface area contributed by atoms with Crippen LogP contribution in [0.25, 0.3) is 5.69 Å². The van der Waals surface area contributed by atoms with E-state index in [-0.39, 0.29) is 11.2 Å². The zero-order valence-corrected chi connectivity index (χ0v) is 17.3. The lowest BCUT2D eigenvalue weighted by molar-refractivity contribution is -0.120. The van der Waals surface area contributed by atoms with Gasteiger partial charge in [0.15, 0.2) is 0 Å². The van der Waals surface area contributed by atoms with Crippen LogP contribution in [0.4, 0.5) is 0 Å². The number of benzene rings is 3. The molecular weight excluding hydrogens is 390 g/mol. The Morgan fingerprint density at radius 3 is 2.27 bits per heavy atom. The Balaban J connectivity index is 1.37. The Morgan fingerprint density at radius 1 is 0.900 bits per heavy atom. The number of rotatable bonds is 8. The van der Waals surface area contributed by atoms with Gasteiger partial charge in [-0.1, -0.05) is 60.7 Å². The van der Waals surface area contributed by atoms with E-state index in [1.165, 1.54) is 5.56 Å². The van der Waals surface area contributed by atoms with Crippen LogP contribution in [0, 0.1) is 0 Å². The first kappa shape index (κ1) is 20.0. The minimum atomic E-state index is -0.282. The molecule has 0 bridgehead atoms. The zero-order valence-electron chi connectivity index (χ0n) is 16.5. The monoisotopic (exact) mass is 413 g/mol. The van der Waals surface area contributed by atoms with E-state index in [1.54, 1.807) is 18.0 Å². The number of carbonyl (C=O) groups is 1. The highest BCUT2D eigenvalue weighted by Gasteiger charge is 2.21. The number of aromatic nitrogens is 2. The van der Waals surface area contributed by atoms with Crippen LogP contribution in [0.3, 0.4) is 0 Å². The van der Waals surface area contributed by atoms with E-state index in [0.29, 0.717) is 6.54 Å².